The Kier molecular flexibility index (Phi) is 3.38. The molecule has 3 rings (SSSR count). The molecular weight excluding hydrogens is 236 g/mol. The molecule has 0 amide bonds. The van der Waals surface area contributed by atoms with Gasteiger partial charge in [0.25, 0.3) is 0 Å². The van der Waals surface area contributed by atoms with Crippen LogP contribution in [0.4, 0.5) is 0 Å². The molecule has 1 aromatic carbocycles. The highest BCUT2D eigenvalue weighted by Gasteiger charge is 2.03. The summed E-state index contributed by atoms with van der Waals surface area (Å²) in [6, 6.07) is 10.5. The highest BCUT2D eigenvalue weighted by atomic mass is 16.3. The van der Waals surface area contributed by atoms with E-state index in [1.54, 1.807) is 6.26 Å². The van der Waals surface area contributed by atoms with Crippen LogP contribution in [0.15, 0.2) is 47.2 Å². The second-order valence-corrected chi connectivity index (χ2v) is 4.87. The summed E-state index contributed by atoms with van der Waals surface area (Å²) in [6.07, 6.45) is 4.83. The van der Waals surface area contributed by atoms with Gasteiger partial charge < -0.3 is 14.7 Å². The zero-order valence-electron chi connectivity index (χ0n) is 11.1. The molecule has 3 nitrogen and oxygen atoms in total. The molecule has 0 atom stereocenters. The fraction of sp³-hybridized carbons (Fsp3) is 0.250. The number of aryl methyl sites for hydroxylation is 1. The minimum absolute atomic E-state index is 0.786. The molecule has 2 heterocycles. The van der Waals surface area contributed by atoms with Gasteiger partial charge in [0.15, 0.2) is 0 Å². The standard InChI is InChI=1S/C16H18N2O/c1-12-4-5-15-13(10-18-16(15)9-12)6-7-17-11-14-3-2-8-19-14/h2-5,8-10,17-18H,6-7,11H2,1H3. The summed E-state index contributed by atoms with van der Waals surface area (Å²) < 4.78 is 5.29. The first-order valence-corrected chi connectivity index (χ1v) is 6.62. The van der Waals surface area contributed by atoms with Gasteiger partial charge >= 0.3 is 0 Å². The van der Waals surface area contributed by atoms with E-state index in [-0.39, 0.29) is 0 Å². The highest BCUT2D eigenvalue weighted by Crippen LogP contribution is 2.19. The lowest BCUT2D eigenvalue weighted by Gasteiger charge is -2.02. The smallest absolute Gasteiger partial charge is 0.117 e. The number of benzene rings is 1. The Bertz CT molecular complexity index is 653. The predicted molar refractivity (Wildman–Crippen MR) is 77.2 cm³/mol. The summed E-state index contributed by atoms with van der Waals surface area (Å²) >= 11 is 0. The van der Waals surface area contributed by atoms with E-state index in [4.69, 9.17) is 4.42 Å². The van der Waals surface area contributed by atoms with Gasteiger partial charge in [-0.1, -0.05) is 12.1 Å². The Morgan fingerprint density at radius 1 is 1.26 bits per heavy atom. The lowest BCUT2D eigenvalue weighted by Crippen LogP contribution is -2.16. The molecule has 3 aromatic rings. The van der Waals surface area contributed by atoms with Gasteiger partial charge in [0.05, 0.1) is 12.8 Å². The molecule has 2 N–H and O–H groups in total. The first-order chi connectivity index (χ1) is 9.33. The minimum Gasteiger partial charge on any atom is -0.468 e. The SMILES string of the molecule is Cc1ccc2c(CCNCc3ccco3)c[nH]c2c1. The lowest BCUT2D eigenvalue weighted by atomic mass is 10.1. The van der Waals surface area contributed by atoms with Crippen LogP contribution in [0.25, 0.3) is 10.9 Å². The molecule has 98 valence electrons. The van der Waals surface area contributed by atoms with Crippen molar-refractivity contribution in [1.82, 2.24) is 10.3 Å². The van der Waals surface area contributed by atoms with Crippen LogP contribution in [-0.2, 0) is 13.0 Å². The van der Waals surface area contributed by atoms with Crippen molar-refractivity contribution >= 4 is 10.9 Å². The van der Waals surface area contributed by atoms with Crippen LogP contribution in [0.1, 0.15) is 16.9 Å². The normalized spacial score (nSPS) is 11.2. The summed E-state index contributed by atoms with van der Waals surface area (Å²) in [5.41, 5.74) is 3.87. The third-order valence-corrected chi connectivity index (χ3v) is 3.37. The average Bonchev–Trinajstić information content (AvgIpc) is 3.03. The van der Waals surface area contributed by atoms with Crippen LogP contribution in [0.5, 0.6) is 0 Å². The average molecular weight is 254 g/mol. The van der Waals surface area contributed by atoms with E-state index in [9.17, 15) is 0 Å². The van der Waals surface area contributed by atoms with E-state index < -0.39 is 0 Å². The van der Waals surface area contributed by atoms with Crippen molar-refractivity contribution in [1.29, 1.82) is 0 Å². The molecule has 3 heteroatoms. The van der Waals surface area contributed by atoms with E-state index in [0.717, 1.165) is 25.3 Å². The van der Waals surface area contributed by atoms with Crippen molar-refractivity contribution in [2.24, 2.45) is 0 Å². The molecule has 0 aliphatic rings. The number of fused-ring (bicyclic) bond motifs is 1. The van der Waals surface area contributed by atoms with Gasteiger partial charge in [0.2, 0.25) is 0 Å². The van der Waals surface area contributed by atoms with Gasteiger partial charge in [0.1, 0.15) is 5.76 Å². The van der Waals surface area contributed by atoms with E-state index in [1.807, 2.05) is 12.1 Å². The largest absolute Gasteiger partial charge is 0.468 e. The minimum atomic E-state index is 0.786. The Hall–Kier alpha value is -2.00. The van der Waals surface area contributed by atoms with Crippen LogP contribution < -0.4 is 5.32 Å². The first-order valence-electron chi connectivity index (χ1n) is 6.62. The number of hydrogen-bond acceptors (Lipinski definition) is 2. The fourth-order valence-corrected chi connectivity index (χ4v) is 2.35. The summed E-state index contributed by atoms with van der Waals surface area (Å²) in [5.74, 6) is 0.981. The molecule has 0 bridgehead atoms. The number of furan rings is 1. The van der Waals surface area contributed by atoms with Crippen LogP contribution in [0.2, 0.25) is 0 Å². The Balaban J connectivity index is 1.59. The molecule has 2 aromatic heterocycles. The Morgan fingerprint density at radius 3 is 3.05 bits per heavy atom. The van der Waals surface area contributed by atoms with Crippen LogP contribution in [-0.4, -0.2) is 11.5 Å². The second kappa shape index (κ2) is 5.33. The first kappa shape index (κ1) is 12.1. The third-order valence-electron chi connectivity index (χ3n) is 3.37. The quantitative estimate of drug-likeness (QED) is 0.685. The monoisotopic (exact) mass is 254 g/mol. The third kappa shape index (κ3) is 2.71. The number of nitrogens with one attached hydrogen (secondary N) is 2. The summed E-state index contributed by atoms with van der Waals surface area (Å²) in [7, 11) is 0. The molecule has 0 radical (unpaired) electrons. The van der Waals surface area contributed by atoms with Crippen molar-refractivity contribution in [2.45, 2.75) is 19.9 Å². The molecule has 0 saturated carbocycles. The zero-order chi connectivity index (χ0) is 13.1. The number of aromatic nitrogens is 1. The molecule has 0 unspecified atom stereocenters. The van der Waals surface area contributed by atoms with Crippen molar-refractivity contribution in [2.75, 3.05) is 6.54 Å². The van der Waals surface area contributed by atoms with E-state index in [2.05, 4.69) is 41.6 Å². The van der Waals surface area contributed by atoms with Crippen molar-refractivity contribution in [3.63, 3.8) is 0 Å². The molecule has 0 aliphatic carbocycles. The number of rotatable bonds is 5. The Morgan fingerprint density at radius 2 is 2.21 bits per heavy atom. The fourth-order valence-electron chi connectivity index (χ4n) is 2.35. The van der Waals surface area contributed by atoms with Gasteiger partial charge in [-0.15, -0.1) is 0 Å². The Labute approximate surface area is 112 Å². The predicted octanol–water partition coefficient (Wildman–Crippen LogP) is 3.40. The van der Waals surface area contributed by atoms with Gasteiger partial charge in [-0.05, 0) is 49.2 Å². The number of hydrogen-bond donors (Lipinski definition) is 2. The van der Waals surface area contributed by atoms with Gasteiger partial charge in [-0.2, -0.15) is 0 Å². The molecule has 19 heavy (non-hydrogen) atoms. The topological polar surface area (TPSA) is 41.0 Å². The van der Waals surface area contributed by atoms with Crippen molar-refractivity contribution < 1.29 is 4.42 Å². The summed E-state index contributed by atoms with van der Waals surface area (Å²) in [6.45, 7) is 3.85. The summed E-state index contributed by atoms with van der Waals surface area (Å²) in [4.78, 5) is 3.34. The molecule has 0 aliphatic heterocycles. The van der Waals surface area contributed by atoms with Crippen LogP contribution in [0.3, 0.4) is 0 Å². The maximum atomic E-state index is 5.29. The molecule has 0 saturated heterocycles. The molecule has 0 spiro atoms. The van der Waals surface area contributed by atoms with Crippen molar-refractivity contribution in [3.05, 3.63) is 59.7 Å². The van der Waals surface area contributed by atoms with E-state index >= 15 is 0 Å². The van der Waals surface area contributed by atoms with Crippen LogP contribution in [0, 0.1) is 6.92 Å². The van der Waals surface area contributed by atoms with E-state index in [0.29, 0.717) is 0 Å². The zero-order valence-corrected chi connectivity index (χ0v) is 11.1. The lowest BCUT2D eigenvalue weighted by molar-refractivity contribution is 0.484. The second-order valence-electron chi connectivity index (χ2n) is 4.87. The number of aromatic amines is 1. The molecular formula is C16H18N2O. The van der Waals surface area contributed by atoms with Gasteiger partial charge in [0, 0.05) is 17.1 Å². The number of H-pyrrole nitrogens is 1. The summed E-state index contributed by atoms with van der Waals surface area (Å²) in [5, 5.41) is 4.72. The highest BCUT2D eigenvalue weighted by molar-refractivity contribution is 5.83. The van der Waals surface area contributed by atoms with Gasteiger partial charge in [-0.3, -0.25) is 0 Å². The van der Waals surface area contributed by atoms with E-state index in [1.165, 1.54) is 22.0 Å². The maximum Gasteiger partial charge on any atom is 0.117 e. The van der Waals surface area contributed by atoms with Crippen molar-refractivity contribution in [3.8, 4) is 0 Å². The molecule has 0 fully saturated rings. The van der Waals surface area contributed by atoms with Gasteiger partial charge in [-0.25, -0.2) is 0 Å². The van der Waals surface area contributed by atoms with Crippen LogP contribution >= 0.6 is 0 Å². The maximum absolute atomic E-state index is 5.29.